The van der Waals surface area contributed by atoms with E-state index in [0.717, 1.165) is 180 Å². The third kappa shape index (κ3) is 82.0. The van der Waals surface area contributed by atoms with Gasteiger partial charge >= 0.3 is 33.6 Å². The number of ether oxygens (including phenoxy) is 3. The number of esters is 3. The second-order valence-corrected chi connectivity index (χ2v) is 30.4. The number of allylic oxidation sites excluding steroid dienone is 26. The van der Waals surface area contributed by atoms with Crippen molar-refractivity contribution in [3.05, 3.63) is 158 Å². The van der Waals surface area contributed by atoms with E-state index < -0.39 is 91.5 Å². The van der Waals surface area contributed by atoms with E-state index in [9.17, 15) is 43.5 Å². The van der Waals surface area contributed by atoms with Crippen molar-refractivity contribution in [2.75, 3.05) is 39.6 Å². The van der Waals surface area contributed by atoms with Crippen molar-refractivity contribution >= 4 is 33.6 Å². The van der Waals surface area contributed by atoms with Gasteiger partial charge in [-0.25, -0.2) is 9.13 Å². The molecule has 107 heavy (non-hydrogen) atoms. The lowest BCUT2D eigenvalue weighted by molar-refractivity contribution is -0.161. The first kappa shape index (κ1) is 102. The Kier molecular flexibility index (Phi) is 77.0. The lowest BCUT2D eigenvalue weighted by atomic mass is 10.0. The predicted octanol–water partition coefficient (Wildman–Crippen LogP) is 25.0. The molecule has 0 aliphatic carbocycles. The van der Waals surface area contributed by atoms with E-state index in [0.29, 0.717) is 19.3 Å². The van der Waals surface area contributed by atoms with Gasteiger partial charge in [-0.2, -0.15) is 0 Å². The SMILES string of the molecule is CC/C=C\C/C=C\C/C=C\C/C=C\C/C=C\CCCCCCCCCCCCCC(=O)OCC(O)COP(=O)(O)OCC(O)COP(=O)(O)OCC(COC(=O)CCCCCCCCC/C=C\C/C=C\C/C=C\C/C=C\CCCCC)OC(=O)CCCCCCC/C=C\C/C=C\C/C=C\C/C=C\CCCCC. The highest BCUT2D eigenvalue weighted by atomic mass is 31.2. The highest BCUT2D eigenvalue weighted by Gasteiger charge is 2.29. The molecule has 16 nitrogen and oxygen atoms in total. The fourth-order valence-electron chi connectivity index (χ4n) is 10.9. The first-order chi connectivity index (χ1) is 52.2. The molecule has 5 unspecified atom stereocenters. The number of carbonyl (C=O) groups is 3. The summed E-state index contributed by atoms with van der Waals surface area (Å²) in [6.07, 6.45) is 101. The van der Waals surface area contributed by atoms with Crippen molar-refractivity contribution in [3.63, 3.8) is 0 Å². The quantitative estimate of drug-likeness (QED) is 0.0146. The predicted molar refractivity (Wildman–Crippen MR) is 445 cm³/mol. The average Bonchev–Trinajstić information content (AvgIpc) is 0.903. The number of hydrogen-bond donors (Lipinski definition) is 4. The van der Waals surface area contributed by atoms with Gasteiger partial charge in [0.2, 0.25) is 0 Å². The van der Waals surface area contributed by atoms with Crippen LogP contribution in [-0.2, 0) is 55.8 Å². The molecular weight excluding hydrogens is 1390 g/mol. The molecule has 0 aliphatic rings. The molecule has 612 valence electrons. The highest BCUT2D eigenvalue weighted by Crippen LogP contribution is 2.45. The standard InChI is InChI=1S/C89H150O16P2/c1-4-7-10-13-16-19-22-25-28-31-34-37-39-40-41-42-44-47-48-51-54-57-60-63-66-69-72-75-87(92)99-78-84(90)79-101-106(95,96)102-80-85(91)81-103-107(97,98)104-83-86(105-89(94)77-74-71-68-65-62-59-56-53-50-45-36-33-30-27-24-21-18-15-12-9-6-3)82-100-88(93)76-73-70-67-64-61-58-55-52-49-46-43-38-35-32-29-26-23-20-17-14-11-8-5-2/h7,10,16-21,25-30,34-38,40-41,45-46,49,53,56,84-86,90-91H,4-6,8-9,11-15,22-24,31-33,39,42-44,47-48,50-52,54-55,57-83H2,1-3H3,(H,95,96)(H,97,98)/b10-7-,19-16-,20-17-,21-18-,28-25-,29-26-,30-27-,37-34-,38-35-,41-40-,45-36-,49-46-,56-53-. The molecule has 0 bridgehead atoms. The monoisotopic (exact) mass is 1540 g/mol. The molecule has 0 amide bonds. The van der Waals surface area contributed by atoms with Gasteiger partial charge in [-0.3, -0.25) is 32.5 Å². The topological polar surface area (TPSA) is 231 Å². The Hall–Kier alpha value is -4.83. The van der Waals surface area contributed by atoms with Crippen LogP contribution in [0, 0.1) is 0 Å². The summed E-state index contributed by atoms with van der Waals surface area (Å²) in [5.41, 5.74) is 0. The molecule has 0 aromatic rings. The molecular formula is C89H150O16P2. The van der Waals surface area contributed by atoms with Crippen LogP contribution in [0.15, 0.2) is 158 Å². The number of phosphoric acid groups is 2. The number of phosphoric ester groups is 2. The number of unbranched alkanes of at least 4 members (excludes halogenated alkanes) is 29. The summed E-state index contributed by atoms with van der Waals surface area (Å²) in [5, 5.41) is 20.7. The molecule has 5 atom stereocenters. The second kappa shape index (κ2) is 80.7. The Morgan fingerprint density at radius 3 is 0.785 bits per heavy atom. The zero-order valence-electron chi connectivity index (χ0n) is 67.0. The van der Waals surface area contributed by atoms with Gasteiger partial charge in [0, 0.05) is 19.3 Å². The first-order valence-electron chi connectivity index (χ1n) is 41.8. The number of carbonyl (C=O) groups excluding carboxylic acids is 3. The third-order valence-electron chi connectivity index (χ3n) is 17.2. The van der Waals surface area contributed by atoms with Gasteiger partial charge in [-0.1, -0.05) is 314 Å². The van der Waals surface area contributed by atoms with Crippen molar-refractivity contribution in [2.24, 2.45) is 0 Å². The van der Waals surface area contributed by atoms with Crippen LogP contribution in [0.1, 0.15) is 329 Å². The summed E-state index contributed by atoms with van der Waals surface area (Å²) in [6.45, 7) is 2.49. The zero-order valence-corrected chi connectivity index (χ0v) is 68.8. The van der Waals surface area contributed by atoms with Crippen LogP contribution >= 0.6 is 15.6 Å². The minimum Gasteiger partial charge on any atom is -0.463 e. The fourth-order valence-corrected chi connectivity index (χ4v) is 12.4. The normalized spacial score (nSPS) is 14.7. The molecule has 0 heterocycles. The van der Waals surface area contributed by atoms with Crippen LogP contribution in [0.5, 0.6) is 0 Å². The third-order valence-corrected chi connectivity index (χ3v) is 19.1. The van der Waals surface area contributed by atoms with E-state index in [2.05, 4.69) is 179 Å². The molecule has 0 saturated carbocycles. The van der Waals surface area contributed by atoms with Gasteiger partial charge in [-0.15, -0.1) is 0 Å². The summed E-state index contributed by atoms with van der Waals surface area (Å²) < 4.78 is 61.3. The maximum absolute atomic E-state index is 13.0. The van der Waals surface area contributed by atoms with Gasteiger partial charge in [0.05, 0.1) is 26.4 Å². The molecule has 0 saturated heterocycles. The summed E-state index contributed by atoms with van der Waals surface area (Å²) in [5.74, 6) is -1.61. The maximum Gasteiger partial charge on any atom is 0.472 e. The van der Waals surface area contributed by atoms with Crippen LogP contribution in [-0.4, -0.2) is 95.9 Å². The van der Waals surface area contributed by atoms with E-state index in [1.54, 1.807) is 0 Å². The van der Waals surface area contributed by atoms with Crippen molar-refractivity contribution in [2.45, 2.75) is 347 Å². The molecule has 0 radical (unpaired) electrons. The number of rotatable bonds is 78. The van der Waals surface area contributed by atoms with Crippen molar-refractivity contribution < 1.29 is 75.8 Å². The highest BCUT2D eigenvalue weighted by molar-refractivity contribution is 7.47. The van der Waals surface area contributed by atoms with Crippen molar-refractivity contribution in [1.82, 2.24) is 0 Å². The van der Waals surface area contributed by atoms with E-state index >= 15 is 0 Å². The van der Waals surface area contributed by atoms with E-state index in [1.807, 2.05) is 0 Å². The van der Waals surface area contributed by atoms with Gasteiger partial charge < -0.3 is 34.2 Å². The Balaban J connectivity index is 4.68. The van der Waals surface area contributed by atoms with Crippen LogP contribution in [0.2, 0.25) is 0 Å². The first-order valence-corrected chi connectivity index (χ1v) is 44.8. The molecule has 0 rings (SSSR count). The van der Waals surface area contributed by atoms with Crippen LogP contribution in [0.4, 0.5) is 0 Å². The lowest BCUT2D eigenvalue weighted by Gasteiger charge is -2.21. The minimum absolute atomic E-state index is 0.0763. The molecule has 0 spiro atoms. The summed E-state index contributed by atoms with van der Waals surface area (Å²) in [6, 6.07) is 0. The van der Waals surface area contributed by atoms with Crippen molar-refractivity contribution in [3.8, 4) is 0 Å². The van der Waals surface area contributed by atoms with Gasteiger partial charge in [-0.05, 0) is 154 Å². The van der Waals surface area contributed by atoms with Gasteiger partial charge in [0.1, 0.15) is 25.4 Å². The maximum atomic E-state index is 13.0. The van der Waals surface area contributed by atoms with Crippen LogP contribution in [0.25, 0.3) is 0 Å². The van der Waals surface area contributed by atoms with Crippen LogP contribution in [0.3, 0.4) is 0 Å². The Morgan fingerprint density at radius 1 is 0.271 bits per heavy atom. The summed E-state index contributed by atoms with van der Waals surface area (Å²) >= 11 is 0. The fraction of sp³-hybridized carbons (Fsp3) is 0.674. The molecule has 0 aromatic carbocycles. The largest absolute Gasteiger partial charge is 0.472 e. The average molecular weight is 1540 g/mol. The minimum atomic E-state index is -4.95. The summed E-state index contributed by atoms with van der Waals surface area (Å²) in [7, 11) is -9.82. The van der Waals surface area contributed by atoms with E-state index in [-0.39, 0.29) is 19.3 Å². The smallest absolute Gasteiger partial charge is 0.463 e. The molecule has 0 fully saturated rings. The Labute approximate surface area is 650 Å². The number of aliphatic hydroxyl groups is 2. The Morgan fingerprint density at radius 2 is 0.495 bits per heavy atom. The second-order valence-electron chi connectivity index (χ2n) is 27.5. The van der Waals surface area contributed by atoms with E-state index in [4.69, 9.17) is 32.3 Å². The van der Waals surface area contributed by atoms with E-state index in [1.165, 1.54) is 89.9 Å². The van der Waals surface area contributed by atoms with Gasteiger partial charge in [0.25, 0.3) is 0 Å². The number of hydrogen-bond acceptors (Lipinski definition) is 14. The summed E-state index contributed by atoms with van der Waals surface area (Å²) in [4.78, 5) is 58.8. The molecule has 4 N–H and O–H groups in total. The Bertz CT molecular complexity index is 2580. The molecule has 0 aliphatic heterocycles. The zero-order chi connectivity index (χ0) is 78.0. The molecule has 0 aromatic heterocycles. The van der Waals surface area contributed by atoms with Crippen LogP contribution < -0.4 is 0 Å². The van der Waals surface area contributed by atoms with Gasteiger partial charge in [0.15, 0.2) is 6.10 Å². The lowest BCUT2D eigenvalue weighted by Crippen LogP contribution is -2.30. The molecule has 18 heteroatoms. The van der Waals surface area contributed by atoms with Crippen molar-refractivity contribution in [1.29, 1.82) is 0 Å². The number of aliphatic hydroxyl groups excluding tert-OH is 2.